The van der Waals surface area contributed by atoms with E-state index >= 15 is 0 Å². The maximum atomic E-state index is 12.9. The Hall–Kier alpha value is -1.46. The Morgan fingerprint density at radius 1 is 1.50 bits per heavy atom. The van der Waals surface area contributed by atoms with Gasteiger partial charge in [0.05, 0.1) is 5.02 Å². The highest BCUT2D eigenvalue weighted by Gasteiger charge is 2.13. The summed E-state index contributed by atoms with van der Waals surface area (Å²) in [5, 5.41) is 12.8. The number of halogens is 2. The van der Waals surface area contributed by atoms with Crippen molar-refractivity contribution in [1.82, 2.24) is 10.1 Å². The summed E-state index contributed by atoms with van der Waals surface area (Å²) in [6.07, 6.45) is -0.812. The van der Waals surface area contributed by atoms with Crippen molar-refractivity contribution in [1.29, 1.82) is 0 Å². The van der Waals surface area contributed by atoms with Gasteiger partial charge in [0.1, 0.15) is 11.9 Å². The molecule has 1 aromatic heterocycles. The molecule has 0 spiro atoms. The largest absolute Gasteiger partial charge is 0.385 e. The molecule has 2 aromatic rings. The van der Waals surface area contributed by atoms with Crippen LogP contribution in [-0.2, 0) is 0 Å². The average molecular weight is 243 g/mol. The van der Waals surface area contributed by atoms with Crippen molar-refractivity contribution in [2.24, 2.45) is 0 Å². The van der Waals surface area contributed by atoms with Gasteiger partial charge < -0.3 is 9.63 Å². The third-order valence-electron chi connectivity index (χ3n) is 1.98. The number of aromatic nitrogens is 2. The van der Waals surface area contributed by atoms with Crippen LogP contribution in [0.1, 0.15) is 18.9 Å². The van der Waals surface area contributed by atoms with Crippen molar-refractivity contribution in [2.75, 3.05) is 0 Å². The number of hydrogen-bond donors (Lipinski definition) is 1. The van der Waals surface area contributed by atoms with E-state index in [4.69, 9.17) is 16.1 Å². The molecule has 4 nitrogen and oxygen atoms in total. The summed E-state index contributed by atoms with van der Waals surface area (Å²) in [5.41, 5.74) is 0.505. The summed E-state index contributed by atoms with van der Waals surface area (Å²) in [6, 6.07) is 4.07. The van der Waals surface area contributed by atoms with Gasteiger partial charge in [-0.25, -0.2) is 4.39 Å². The van der Waals surface area contributed by atoms with Crippen LogP contribution in [0.15, 0.2) is 22.7 Å². The van der Waals surface area contributed by atoms with Gasteiger partial charge in [0, 0.05) is 5.56 Å². The number of hydrogen-bond acceptors (Lipinski definition) is 4. The van der Waals surface area contributed by atoms with Gasteiger partial charge in [-0.15, -0.1) is 0 Å². The molecule has 0 fully saturated rings. The van der Waals surface area contributed by atoms with Crippen LogP contribution in [0.4, 0.5) is 4.39 Å². The van der Waals surface area contributed by atoms with Gasteiger partial charge in [0.25, 0.3) is 5.89 Å². The minimum Gasteiger partial charge on any atom is -0.385 e. The Balaban J connectivity index is 2.39. The van der Waals surface area contributed by atoms with Gasteiger partial charge in [-0.3, -0.25) is 0 Å². The zero-order valence-electron chi connectivity index (χ0n) is 8.32. The lowest BCUT2D eigenvalue weighted by molar-refractivity contribution is 0.184. The molecule has 0 saturated heterocycles. The highest BCUT2D eigenvalue weighted by Crippen LogP contribution is 2.24. The monoisotopic (exact) mass is 242 g/mol. The summed E-state index contributed by atoms with van der Waals surface area (Å²) in [6.45, 7) is 1.52. The molecule has 16 heavy (non-hydrogen) atoms. The van der Waals surface area contributed by atoms with Gasteiger partial charge in [-0.05, 0) is 25.1 Å². The zero-order valence-corrected chi connectivity index (χ0v) is 9.07. The first-order chi connectivity index (χ1) is 7.58. The Morgan fingerprint density at radius 3 is 2.81 bits per heavy atom. The number of aliphatic hydroxyl groups is 1. The molecule has 0 aliphatic rings. The van der Waals surface area contributed by atoms with E-state index in [1.807, 2.05) is 0 Å². The number of nitrogens with zero attached hydrogens (tertiary/aromatic N) is 2. The van der Waals surface area contributed by atoms with Gasteiger partial charge >= 0.3 is 0 Å². The Bertz CT molecular complexity index is 513. The Morgan fingerprint density at radius 2 is 2.25 bits per heavy atom. The predicted molar refractivity (Wildman–Crippen MR) is 55.3 cm³/mol. The fourth-order valence-electron chi connectivity index (χ4n) is 1.15. The highest BCUT2D eigenvalue weighted by atomic mass is 35.5. The first-order valence-electron chi connectivity index (χ1n) is 4.55. The van der Waals surface area contributed by atoms with Gasteiger partial charge in [-0.2, -0.15) is 4.98 Å². The first kappa shape index (κ1) is 11.0. The average Bonchev–Trinajstić information content (AvgIpc) is 2.71. The van der Waals surface area contributed by atoms with Crippen molar-refractivity contribution in [3.63, 3.8) is 0 Å². The fraction of sp³-hybridized carbons (Fsp3) is 0.200. The zero-order chi connectivity index (χ0) is 11.7. The lowest BCUT2D eigenvalue weighted by Gasteiger charge is -1.96. The van der Waals surface area contributed by atoms with E-state index in [0.29, 0.717) is 5.56 Å². The molecule has 1 atom stereocenters. The second kappa shape index (κ2) is 4.19. The number of benzene rings is 1. The molecule has 1 heterocycles. The van der Waals surface area contributed by atoms with E-state index in [1.54, 1.807) is 0 Å². The van der Waals surface area contributed by atoms with Crippen LogP contribution >= 0.6 is 11.6 Å². The second-order valence-corrected chi connectivity index (χ2v) is 3.67. The van der Waals surface area contributed by atoms with Crippen molar-refractivity contribution in [3.8, 4) is 11.5 Å². The normalized spacial score (nSPS) is 12.8. The van der Waals surface area contributed by atoms with Crippen LogP contribution in [-0.4, -0.2) is 15.2 Å². The topological polar surface area (TPSA) is 59.2 Å². The lowest BCUT2D eigenvalue weighted by atomic mass is 10.2. The Kier molecular flexibility index (Phi) is 2.89. The molecule has 0 saturated carbocycles. The summed E-state index contributed by atoms with van der Waals surface area (Å²) >= 11 is 5.62. The number of aliphatic hydroxyl groups excluding tert-OH is 1. The summed E-state index contributed by atoms with van der Waals surface area (Å²) in [5.74, 6) is -0.145. The van der Waals surface area contributed by atoms with Gasteiger partial charge in [0.2, 0.25) is 0 Å². The highest BCUT2D eigenvalue weighted by molar-refractivity contribution is 6.31. The molecule has 0 bridgehead atoms. The summed E-state index contributed by atoms with van der Waals surface area (Å²) in [7, 11) is 0. The third-order valence-corrected chi connectivity index (χ3v) is 2.27. The molecule has 1 N–H and O–H groups in total. The molecular weight excluding hydrogens is 235 g/mol. The molecule has 6 heteroatoms. The van der Waals surface area contributed by atoms with Crippen LogP contribution in [0.25, 0.3) is 11.5 Å². The van der Waals surface area contributed by atoms with Crippen LogP contribution in [0, 0.1) is 5.82 Å². The molecule has 1 aromatic carbocycles. The van der Waals surface area contributed by atoms with Gasteiger partial charge in [0.15, 0.2) is 5.82 Å². The van der Waals surface area contributed by atoms with E-state index in [-0.39, 0.29) is 16.7 Å². The standard InChI is InChI=1S/C10H8ClFN2O2/c1-5(15)9-13-10(16-14-9)6-2-3-8(12)7(11)4-6/h2-5,15H,1H3. The van der Waals surface area contributed by atoms with E-state index in [9.17, 15) is 9.50 Å². The third kappa shape index (κ3) is 2.05. The minimum atomic E-state index is -0.812. The molecule has 2 rings (SSSR count). The van der Waals surface area contributed by atoms with E-state index in [2.05, 4.69) is 10.1 Å². The fourth-order valence-corrected chi connectivity index (χ4v) is 1.33. The summed E-state index contributed by atoms with van der Waals surface area (Å²) < 4.78 is 17.8. The second-order valence-electron chi connectivity index (χ2n) is 3.26. The van der Waals surface area contributed by atoms with Gasteiger partial charge in [-0.1, -0.05) is 16.8 Å². The van der Waals surface area contributed by atoms with Crippen molar-refractivity contribution in [3.05, 3.63) is 34.9 Å². The maximum Gasteiger partial charge on any atom is 0.258 e. The molecule has 0 radical (unpaired) electrons. The van der Waals surface area contributed by atoms with E-state index in [1.165, 1.54) is 25.1 Å². The van der Waals surface area contributed by atoms with Crippen LogP contribution in [0.3, 0.4) is 0 Å². The van der Waals surface area contributed by atoms with Crippen molar-refractivity contribution in [2.45, 2.75) is 13.0 Å². The molecule has 0 aliphatic carbocycles. The SMILES string of the molecule is CC(O)c1noc(-c2ccc(F)c(Cl)c2)n1. The Labute approximate surface area is 95.7 Å². The molecule has 84 valence electrons. The molecule has 1 unspecified atom stereocenters. The lowest BCUT2D eigenvalue weighted by Crippen LogP contribution is -1.93. The van der Waals surface area contributed by atoms with E-state index in [0.717, 1.165) is 0 Å². The summed E-state index contributed by atoms with van der Waals surface area (Å²) in [4.78, 5) is 3.94. The smallest absolute Gasteiger partial charge is 0.258 e. The quantitative estimate of drug-likeness (QED) is 0.879. The molecule has 0 amide bonds. The van der Waals surface area contributed by atoms with Crippen LogP contribution < -0.4 is 0 Å². The molecular formula is C10H8ClFN2O2. The number of rotatable bonds is 2. The minimum absolute atomic E-state index is 0.0192. The molecule has 0 aliphatic heterocycles. The van der Waals surface area contributed by atoms with Crippen molar-refractivity contribution < 1.29 is 14.0 Å². The van der Waals surface area contributed by atoms with Crippen LogP contribution in [0.5, 0.6) is 0 Å². The maximum absolute atomic E-state index is 12.9. The predicted octanol–water partition coefficient (Wildman–Crippen LogP) is 2.58. The van der Waals surface area contributed by atoms with Crippen LogP contribution in [0.2, 0.25) is 5.02 Å². The van der Waals surface area contributed by atoms with Crippen molar-refractivity contribution >= 4 is 11.6 Å². The first-order valence-corrected chi connectivity index (χ1v) is 4.93. The van der Waals surface area contributed by atoms with E-state index < -0.39 is 11.9 Å².